The lowest BCUT2D eigenvalue weighted by atomic mass is 10.2. The molecule has 2 heterocycles. The minimum Gasteiger partial charge on any atom is -0.399 e. The number of nitrogens with one attached hydrogen (secondary N) is 2. The van der Waals surface area contributed by atoms with Crippen molar-refractivity contribution in [1.29, 1.82) is 0 Å². The van der Waals surface area contributed by atoms with E-state index in [-0.39, 0.29) is 5.91 Å². The zero-order chi connectivity index (χ0) is 19.3. The minimum atomic E-state index is -0.269. The molecule has 1 aliphatic rings. The van der Waals surface area contributed by atoms with Crippen molar-refractivity contribution < 1.29 is 4.79 Å². The van der Waals surface area contributed by atoms with Gasteiger partial charge < -0.3 is 16.4 Å². The Labute approximate surface area is 163 Å². The highest BCUT2D eigenvalue weighted by molar-refractivity contribution is 6.04. The Morgan fingerprint density at radius 1 is 1.07 bits per heavy atom. The zero-order valence-electron chi connectivity index (χ0n) is 15.4. The summed E-state index contributed by atoms with van der Waals surface area (Å²) in [5.74, 6) is 0.674. The van der Waals surface area contributed by atoms with Gasteiger partial charge in [-0.25, -0.2) is 4.98 Å². The molecule has 1 saturated carbocycles. The summed E-state index contributed by atoms with van der Waals surface area (Å²) < 4.78 is 0. The van der Waals surface area contributed by atoms with Gasteiger partial charge in [0.25, 0.3) is 5.91 Å². The van der Waals surface area contributed by atoms with E-state index in [0.29, 0.717) is 34.8 Å². The van der Waals surface area contributed by atoms with Crippen molar-refractivity contribution in [2.75, 3.05) is 16.4 Å². The highest BCUT2D eigenvalue weighted by atomic mass is 16.1. The van der Waals surface area contributed by atoms with Crippen molar-refractivity contribution in [3.8, 4) is 11.3 Å². The maximum absolute atomic E-state index is 12.6. The molecule has 2 aromatic heterocycles. The van der Waals surface area contributed by atoms with E-state index in [1.807, 2.05) is 12.1 Å². The highest BCUT2D eigenvalue weighted by Gasteiger charge is 2.17. The third kappa shape index (κ3) is 4.25. The molecule has 4 rings (SSSR count). The number of nitrogens with two attached hydrogens (primary N) is 1. The highest BCUT2D eigenvalue weighted by Crippen LogP contribution is 2.25. The molecule has 0 saturated heterocycles. The Kier molecular flexibility index (Phi) is 5.14. The van der Waals surface area contributed by atoms with Crippen LogP contribution in [0.25, 0.3) is 11.3 Å². The van der Waals surface area contributed by atoms with E-state index in [9.17, 15) is 4.79 Å². The van der Waals surface area contributed by atoms with Crippen LogP contribution >= 0.6 is 0 Å². The van der Waals surface area contributed by atoms with E-state index >= 15 is 0 Å². The lowest BCUT2D eigenvalue weighted by Crippen LogP contribution is -2.19. The van der Waals surface area contributed by atoms with Crippen LogP contribution < -0.4 is 16.4 Å². The van der Waals surface area contributed by atoms with Gasteiger partial charge >= 0.3 is 0 Å². The minimum absolute atomic E-state index is 0.269. The fourth-order valence-corrected chi connectivity index (χ4v) is 3.36. The summed E-state index contributed by atoms with van der Waals surface area (Å²) in [4.78, 5) is 25.9. The number of pyridine rings is 1. The fraction of sp³-hybridized carbons (Fsp3) is 0.238. The molecule has 0 atom stereocenters. The summed E-state index contributed by atoms with van der Waals surface area (Å²) in [7, 11) is 0. The van der Waals surface area contributed by atoms with Crippen LogP contribution in [0.5, 0.6) is 0 Å². The Bertz CT molecular complexity index is 970. The van der Waals surface area contributed by atoms with E-state index in [4.69, 9.17) is 5.73 Å². The van der Waals surface area contributed by atoms with Crippen LogP contribution in [0.15, 0.2) is 54.9 Å². The van der Waals surface area contributed by atoms with Gasteiger partial charge in [-0.05, 0) is 43.2 Å². The Hall–Kier alpha value is -3.48. The van der Waals surface area contributed by atoms with Gasteiger partial charge in [-0.3, -0.25) is 9.78 Å². The van der Waals surface area contributed by atoms with Crippen LogP contribution in [0, 0.1) is 0 Å². The summed E-state index contributed by atoms with van der Waals surface area (Å²) in [6.07, 6.45) is 8.07. The second-order valence-corrected chi connectivity index (χ2v) is 6.91. The molecule has 1 fully saturated rings. The van der Waals surface area contributed by atoms with Gasteiger partial charge in [0.1, 0.15) is 5.82 Å². The molecule has 7 nitrogen and oxygen atoms in total. The summed E-state index contributed by atoms with van der Waals surface area (Å²) in [5, 5.41) is 6.25. The number of anilines is 3. The normalized spacial score (nSPS) is 14.0. The van der Waals surface area contributed by atoms with Gasteiger partial charge in [-0.2, -0.15) is 4.98 Å². The van der Waals surface area contributed by atoms with Gasteiger partial charge in [0.05, 0.1) is 5.69 Å². The average molecular weight is 374 g/mol. The van der Waals surface area contributed by atoms with Gasteiger partial charge in [-0.15, -0.1) is 0 Å². The Morgan fingerprint density at radius 3 is 2.68 bits per heavy atom. The number of amides is 1. The van der Waals surface area contributed by atoms with Crippen LogP contribution in [0.4, 0.5) is 17.5 Å². The van der Waals surface area contributed by atoms with Crippen molar-refractivity contribution in [2.45, 2.75) is 31.7 Å². The third-order valence-corrected chi connectivity index (χ3v) is 4.76. The van der Waals surface area contributed by atoms with Crippen molar-refractivity contribution in [2.24, 2.45) is 0 Å². The predicted molar refractivity (Wildman–Crippen MR) is 110 cm³/mol. The first kappa shape index (κ1) is 17.9. The number of rotatable bonds is 5. The molecule has 0 aliphatic heterocycles. The summed E-state index contributed by atoms with van der Waals surface area (Å²) >= 11 is 0. The number of carbonyl (C=O) groups excluding carboxylic acids is 1. The molecule has 142 valence electrons. The SMILES string of the molecule is Nc1cccc(C(=O)Nc2cc(-c3cccnc3)nc(NC3CCCC3)n2)c1. The molecule has 0 unspecified atom stereocenters. The van der Waals surface area contributed by atoms with Crippen molar-refractivity contribution in [3.05, 3.63) is 60.4 Å². The average Bonchev–Trinajstić information content (AvgIpc) is 3.21. The van der Waals surface area contributed by atoms with E-state index in [2.05, 4.69) is 25.6 Å². The van der Waals surface area contributed by atoms with Gasteiger partial charge in [-0.1, -0.05) is 18.9 Å². The molecule has 3 aromatic rings. The molecule has 7 heteroatoms. The predicted octanol–water partition coefficient (Wildman–Crippen LogP) is 3.73. The first-order valence-electron chi connectivity index (χ1n) is 9.40. The number of nitrogen functional groups attached to an aromatic ring is 1. The quantitative estimate of drug-likeness (QED) is 0.588. The van der Waals surface area contributed by atoms with Gasteiger partial charge in [0, 0.05) is 41.3 Å². The topological polar surface area (TPSA) is 106 Å². The Balaban J connectivity index is 1.64. The van der Waals surface area contributed by atoms with Gasteiger partial charge in [0.15, 0.2) is 0 Å². The summed E-state index contributed by atoms with van der Waals surface area (Å²) in [6, 6.07) is 12.7. The lowest BCUT2D eigenvalue weighted by molar-refractivity contribution is 0.102. The van der Waals surface area contributed by atoms with Crippen LogP contribution in [0.2, 0.25) is 0 Å². The Morgan fingerprint density at radius 2 is 1.93 bits per heavy atom. The van der Waals surface area contributed by atoms with Gasteiger partial charge in [0.2, 0.25) is 5.95 Å². The van der Waals surface area contributed by atoms with Crippen LogP contribution in [-0.4, -0.2) is 26.9 Å². The maximum atomic E-state index is 12.6. The van der Waals surface area contributed by atoms with Crippen molar-refractivity contribution in [3.63, 3.8) is 0 Å². The first-order chi connectivity index (χ1) is 13.7. The number of carbonyl (C=O) groups is 1. The molecular formula is C21H22N6O. The largest absolute Gasteiger partial charge is 0.399 e. The molecular weight excluding hydrogens is 352 g/mol. The first-order valence-corrected chi connectivity index (χ1v) is 9.40. The summed E-state index contributed by atoms with van der Waals surface area (Å²) in [5.41, 5.74) is 8.36. The number of nitrogens with zero attached hydrogens (tertiary/aromatic N) is 3. The number of aromatic nitrogens is 3. The van der Waals surface area contributed by atoms with E-state index in [1.54, 1.807) is 42.7 Å². The second kappa shape index (κ2) is 8.04. The molecule has 28 heavy (non-hydrogen) atoms. The van der Waals surface area contributed by atoms with Crippen LogP contribution in [0.3, 0.4) is 0 Å². The number of hydrogen-bond donors (Lipinski definition) is 3. The fourth-order valence-electron chi connectivity index (χ4n) is 3.36. The smallest absolute Gasteiger partial charge is 0.256 e. The number of benzene rings is 1. The molecule has 1 amide bonds. The second-order valence-electron chi connectivity index (χ2n) is 6.91. The molecule has 1 aliphatic carbocycles. The maximum Gasteiger partial charge on any atom is 0.256 e. The number of hydrogen-bond acceptors (Lipinski definition) is 6. The molecule has 0 radical (unpaired) electrons. The molecule has 1 aromatic carbocycles. The third-order valence-electron chi connectivity index (χ3n) is 4.76. The molecule has 0 spiro atoms. The molecule has 4 N–H and O–H groups in total. The zero-order valence-corrected chi connectivity index (χ0v) is 15.4. The van der Waals surface area contributed by atoms with Crippen LogP contribution in [0.1, 0.15) is 36.0 Å². The summed E-state index contributed by atoms with van der Waals surface area (Å²) in [6.45, 7) is 0. The van der Waals surface area contributed by atoms with E-state index in [1.165, 1.54) is 12.8 Å². The van der Waals surface area contributed by atoms with Crippen molar-refractivity contribution in [1.82, 2.24) is 15.0 Å². The monoisotopic (exact) mass is 374 g/mol. The van der Waals surface area contributed by atoms with Crippen LogP contribution in [-0.2, 0) is 0 Å². The molecule has 0 bridgehead atoms. The van der Waals surface area contributed by atoms with E-state index in [0.717, 1.165) is 18.4 Å². The van der Waals surface area contributed by atoms with Crippen molar-refractivity contribution >= 4 is 23.4 Å². The van der Waals surface area contributed by atoms with E-state index < -0.39 is 0 Å². The standard InChI is InChI=1S/C21H22N6O/c22-16-7-3-5-14(11-16)20(28)26-19-12-18(15-6-4-10-23-13-15)25-21(27-19)24-17-8-1-2-9-17/h3-7,10-13,17H,1-2,8-9,22H2,(H2,24,25,26,27,28). The lowest BCUT2D eigenvalue weighted by Gasteiger charge is -2.14.